The fourth-order valence-corrected chi connectivity index (χ4v) is 1.35. The molecule has 0 aliphatic rings. The Labute approximate surface area is 87.3 Å². The summed E-state index contributed by atoms with van der Waals surface area (Å²) >= 11 is 0. The number of aromatic nitrogens is 2. The van der Waals surface area contributed by atoms with Crippen molar-refractivity contribution in [1.82, 2.24) is 9.97 Å². The lowest BCUT2D eigenvalue weighted by Crippen LogP contribution is -2.09. The molecule has 0 spiro atoms. The predicted octanol–water partition coefficient (Wildman–Crippen LogP) is 1.64. The first-order valence-electron chi connectivity index (χ1n) is 4.57. The summed E-state index contributed by atoms with van der Waals surface area (Å²) in [7, 11) is 0. The molecule has 2 aromatic heterocycles. The number of hydrogen-bond donors (Lipinski definition) is 2. The molecule has 0 fully saturated rings. The van der Waals surface area contributed by atoms with Gasteiger partial charge in [0.05, 0.1) is 6.26 Å². The summed E-state index contributed by atoms with van der Waals surface area (Å²) in [6.07, 6.45) is 1.62. The maximum Gasteiger partial charge on any atom is 0.198 e. The number of rotatable bonds is 2. The highest BCUT2D eigenvalue weighted by molar-refractivity contribution is 5.55. The fraction of sp³-hybridized carbons (Fsp3) is 0.200. The van der Waals surface area contributed by atoms with E-state index in [2.05, 4.69) is 15.4 Å². The summed E-state index contributed by atoms with van der Waals surface area (Å²) in [5.41, 5.74) is 4.34. The summed E-state index contributed by atoms with van der Waals surface area (Å²) in [6.45, 7) is 3.82. The summed E-state index contributed by atoms with van der Waals surface area (Å²) in [4.78, 5) is 8.50. The van der Waals surface area contributed by atoms with E-state index >= 15 is 0 Å². The van der Waals surface area contributed by atoms with Gasteiger partial charge in [0.2, 0.25) is 0 Å². The molecule has 2 aromatic rings. The van der Waals surface area contributed by atoms with Gasteiger partial charge in [0.15, 0.2) is 11.6 Å². The molecular formula is C10H12N4O. The van der Waals surface area contributed by atoms with Gasteiger partial charge in [-0.15, -0.1) is 0 Å². The zero-order valence-corrected chi connectivity index (χ0v) is 8.61. The van der Waals surface area contributed by atoms with Gasteiger partial charge >= 0.3 is 0 Å². The fourth-order valence-electron chi connectivity index (χ4n) is 1.35. The van der Waals surface area contributed by atoms with Crippen molar-refractivity contribution in [2.24, 2.45) is 5.84 Å². The van der Waals surface area contributed by atoms with E-state index < -0.39 is 0 Å². The Morgan fingerprint density at radius 2 is 2.13 bits per heavy atom. The zero-order valence-electron chi connectivity index (χ0n) is 8.61. The van der Waals surface area contributed by atoms with Crippen LogP contribution in [0.15, 0.2) is 22.8 Å². The van der Waals surface area contributed by atoms with Crippen LogP contribution in [-0.2, 0) is 0 Å². The second-order valence-corrected chi connectivity index (χ2v) is 3.30. The molecule has 0 saturated heterocycles. The first-order valence-corrected chi connectivity index (χ1v) is 4.57. The molecule has 5 heteroatoms. The van der Waals surface area contributed by atoms with Crippen molar-refractivity contribution in [1.29, 1.82) is 0 Å². The largest absolute Gasteiger partial charge is 0.461 e. The Morgan fingerprint density at radius 1 is 1.33 bits per heavy atom. The molecule has 3 N–H and O–H groups in total. The number of furan rings is 1. The third-order valence-electron chi connectivity index (χ3n) is 2.07. The van der Waals surface area contributed by atoms with E-state index in [-0.39, 0.29) is 0 Å². The Bertz CT molecular complexity index is 478. The van der Waals surface area contributed by atoms with Crippen LogP contribution in [0.1, 0.15) is 11.3 Å². The van der Waals surface area contributed by atoms with Crippen LogP contribution < -0.4 is 11.3 Å². The molecule has 0 radical (unpaired) electrons. The van der Waals surface area contributed by atoms with E-state index in [1.807, 2.05) is 19.9 Å². The minimum atomic E-state index is 0.547. The quantitative estimate of drug-likeness (QED) is 0.574. The number of aryl methyl sites for hydroxylation is 2. The van der Waals surface area contributed by atoms with Gasteiger partial charge in [0, 0.05) is 11.8 Å². The second-order valence-electron chi connectivity index (χ2n) is 3.30. The van der Waals surface area contributed by atoms with E-state index in [0.29, 0.717) is 17.4 Å². The van der Waals surface area contributed by atoms with Crippen molar-refractivity contribution in [3.05, 3.63) is 29.7 Å². The van der Waals surface area contributed by atoms with Gasteiger partial charge in [-0.05, 0) is 25.5 Å². The monoisotopic (exact) mass is 204 g/mol. The summed E-state index contributed by atoms with van der Waals surface area (Å²) in [5, 5.41) is 0. The molecule has 0 bridgehead atoms. The van der Waals surface area contributed by atoms with Crippen molar-refractivity contribution in [2.45, 2.75) is 13.8 Å². The average Bonchev–Trinajstić information content (AvgIpc) is 2.63. The number of nitrogen functional groups attached to an aromatic ring is 1. The van der Waals surface area contributed by atoms with E-state index in [4.69, 9.17) is 10.3 Å². The van der Waals surface area contributed by atoms with Crippen LogP contribution in [0.2, 0.25) is 0 Å². The molecule has 0 atom stereocenters. The molecule has 0 aromatic carbocycles. The number of nitrogens with two attached hydrogens (primary N) is 1. The Balaban J connectivity index is 2.53. The second kappa shape index (κ2) is 3.70. The number of nitrogens with zero attached hydrogens (tertiary/aromatic N) is 2. The summed E-state index contributed by atoms with van der Waals surface area (Å²) < 4.78 is 5.31. The molecule has 2 heterocycles. The normalized spacial score (nSPS) is 10.3. The molecule has 5 nitrogen and oxygen atoms in total. The van der Waals surface area contributed by atoms with Crippen LogP contribution in [0.3, 0.4) is 0 Å². The van der Waals surface area contributed by atoms with Gasteiger partial charge in [-0.25, -0.2) is 15.8 Å². The number of anilines is 1. The summed E-state index contributed by atoms with van der Waals surface area (Å²) in [5.74, 6) is 7.11. The van der Waals surface area contributed by atoms with Crippen molar-refractivity contribution in [2.75, 3.05) is 5.43 Å². The maximum absolute atomic E-state index is 5.31. The Morgan fingerprint density at radius 3 is 2.73 bits per heavy atom. The van der Waals surface area contributed by atoms with Gasteiger partial charge in [-0.2, -0.15) is 0 Å². The molecule has 0 amide bonds. The highest BCUT2D eigenvalue weighted by atomic mass is 16.3. The van der Waals surface area contributed by atoms with Crippen LogP contribution in [0, 0.1) is 13.8 Å². The van der Waals surface area contributed by atoms with Crippen LogP contribution in [0.4, 0.5) is 5.82 Å². The molecule has 78 valence electrons. The standard InChI is InChI=1S/C10H12N4O/c1-6-3-4-15-9(6)10-12-7(2)5-8(13-10)14-11/h3-5H,11H2,1-2H3,(H,12,13,14). The van der Waals surface area contributed by atoms with Crippen LogP contribution >= 0.6 is 0 Å². The third-order valence-corrected chi connectivity index (χ3v) is 2.07. The van der Waals surface area contributed by atoms with Crippen LogP contribution in [0.5, 0.6) is 0 Å². The minimum absolute atomic E-state index is 0.547. The van der Waals surface area contributed by atoms with Gasteiger partial charge in [-0.3, -0.25) is 0 Å². The third kappa shape index (κ3) is 1.82. The highest BCUT2D eigenvalue weighted by Gasteiger charge is 2.10. The molecular weight excluding hydrogens is 192 g/mol. The lowest BCUT2D eigenvalue weighted by Gasteiger charge is -2.03. The molecule has 0 aliphatic carbocycles. The predicted molar refractivity (Wildman–Crippen MR) is 57.0 cm³/mol. The maximum atomic E-state index is 5.31. The van der Waals surface area contributed by atoms with E-state index in [1.54, 1.807) is 12.3 Å². The first kappa shape index (κ1) is 9.67. The van der Waals surface area contributed by atoms with E-state index in [9.17, 15) is 0 Å². The van der Waals surface area contributed by atoms with Crippen molar-refractivity contribution in [3.8, 4) is 11.6 Å². The zero-order chi connectivity index (χ0) is 10.8. The first-order chi connectivity index (χ1) is 7.20. The molecule has 0 saturated carbocycles. The smallest absolute Gasteiger partial charge is 0.198 e. The number of nitrogens with one attached hydrogen (secondary N) is 1. The van der Waals surface area contributed by atoms with Gasteiger partial charge in [-0.1, -0.05) is 0 Å². The van der Waals surface area contributed by atoms with Gasteiger partial charge in [0.1, 0.15) is 5.82 Å². The lowest BCUT2D eigenvalue weighted by atomic mass is 10.2. The molecule has 15 heavy (non-hydrogen) atoms. The highest BCUT2D eigenvalue weighted by Crippen LogP contribution is 2.21. The molecule has 0 unspecified atom stereocenters. The van der Waals surface area contributed by atoms with Crippen LogP contribution in [0.25, 0.3) is 11.6 Å². The van der Waals surface area contributed by atoms with Gasteiger partial charge in [0.25, 0.3) is 0 Å². The van der Waals surface area contributed by atoms with Gasteiger partial charge < -0.3 is 9.84 Å². The van der Waals surface area contributed by atoms with Crippen molar-refractivity contribution in [3.63, 3.8) is 0 Å². The Kier molecular flexibility index (Phi) is 2.39. The molecule has 2 rings (SSSR count). The average molecular weight is 204 g/mol. The SMILES string of the molecule is Cc1cc(NN)nc(-c2occc2C)n1. The van der Waals surface area contributed by atoms with Crippen molar-refractivity contribution < 1.29 is 4.42 Å². The van der Waals surface area contributed by atoms with E-state index in [1.165, 1.54) is 0 Å². The lowest BCUT2D eigenvalue weighted by molar-refractivity contribution is 0.575. The van der Waals surface area contributed by atoms with E-state index in [0.717, 1.165) is 11.3 Å². The minimum Gasteiger partial charge on any atom is -0.461 e. The molecule has 0 aliphatic heterocycles. The number of hydrazine groups is 1. The van der Waals surface area contributed by atoms with Crippen molar-refractivity contribution >= 4 is 5.82 Å². The van der Waals surface area contributed by atoms with Crippen LogP contribution in [-0.4, -0.2) is 9.97 Å². The topological polar surface area (TPSA) is 77.0 Å². The summed E-state index contributed by atoms with van der Waals surface area (Å²) in [6, 6.07) is 3.64. The Hall–Kier alpha value is -1.88. The number of hydrogen-bond acceptors (Lipinski definition) is 5.